The average Bonchev–Trinajstić information content (AvgIpc) is 3.84. The molecule has 0 amide bonds. The van der Waals surface area contributed by atoms with Crippen LogP contribution in [0.2, 0.25) is 0 Å². The molecule has 1 unspecified atom stereocenters. The lowest BCUT2D eigenvalue weighted by Crippen LogP contribution is -2.60. The third kappa shape index (κ3) is 4.04. The van der Waals surface area contributed by atoms with Crippen LogP contribution in [-0.2, 0) is 11.7 Å². The largest absolute Gasteiger partial charge is 0.453 e. The minimum absolute atomic E-state index is 0.136. The van der Waals surface area contributed by atoms with Crippen LogP contribution in [-0.4, -0.2) is 29.3 Å². The first-order valence-corrected chi connectivity index (χ1v) is 17.4. The number of nitrogens with zero attached hydrogens (tertiary/aromatic N) is 8. The summed E-state index contributed by atoms with van der Waals surface area (Å²) in [6, 6.07) is 32.3. The second kappa shape index (κ2) is 10.9. The van der Waals surface area contributed by atoms with E-state index >= 15 is 0 Å². The Morgan fingerprint density at radius 1 is 0.788 bits per heavy atom. The summed E-state index contributed by atoms with van der Waals surface area (Å²) in [5, 5.41) is 6.29. The zero-order chi connectivity index (χ0) is 35.4. The molecule has 0 saturated carbocycles. The van der Waals surface area contributed by atoms with Gasteiger partial charge in [-0.1, -0.05) is 56.3 Å². The van der Waals surface area contributed by atoms with Gasteiger partial charge in [0.2, 0.25) is 5.82 Å². The van der Waals surface area contributed by atoms with Crippen molar-refractivity contribution in [2.75, 3.05) is 0 Å². The van der Waals surface area contributed by atoms with E-state index in [4.69, 9.17) is 4.98 Å². The fourth-order valence-corrected chi connectivity index (χ4v) is 8.76. The summed E-state index contributed by atoms with van der Waals surface area (Å²) in [6.07, 6.45) is 3.71. The summed E-state index contributed by atoms with van der Waals surface area (Å²) < 4.78 is 50.6. The number of pyridine rings is 2. The van der Waals surface area contributed by atoms with Crippen LogP contribution in [0.4, 0.5) is 13.2 Å². The predicted molar refractivity (Wildman–Crippen MR) is 191 cm³/mol. The Balaban J connectivity index is 1.36. The highest BCUT2D eigenvalue weighted by Gasteiger charge is 2.54. The Morgan fingerprint density at radius 2 is 1.56 bits per heavy atom. The number of benzene rings is 3. The van der Waals surface area contributed by atoms with E-state index in [9.17, 15) is 13.2 Å². The highest BCUT2D eigenvalue weighted by atomic mass is 19.4. The van der Waals surface area contributed by atoms with Crippen molar-refractivity contribution in [2.24, 2.45) is 0 Å². The fraction of sp³-hybridized carbons (Fsp3) is 0.171. The first kappa shape index (κ1) is 30.6. The Morgan fingerprint density at radius 3 is 2.37 bits per heavy atom. The lowest BCUT2D eigenvalue weighted by atomic mass is 9.78. The van der Waals surface area contributed by atoms with Crippen LogP contribution in [0.15, 0.2) is 121 Å². The van der Waals surface area contributed by atoms with Gasteiger partial charge in [-0.2, -0.15) is 22.7 Å². The summed E-state index contributed by atoms with van der Waals surface area (Å²) in [5.41, 5.74) is 8.37. The van der Waals surface area contributed by atoms with E-state index in [2.05, 4.69) is 97.2 Å². The average molecular weight is 693 g/mol. The smallest absolute Gasteiger partial charge is 0.309 e. The Labute approximate surface area is 295 Å². The molecular formula is C41H31F3N8+2. The molecule has 0 fully saturated rings. The molecule has 2 aliphatic heterocycles. The monoisotopic (exact) mass is 692 g/mol. The van der Waals surface area contributed by atoms with Gasteiger partial charge in [0.15, 0.2) is 29.5 Å². The van der Waals surface area contributed by atoms with Crippen molar-refractivity contribution < 1.29 is 22.3 Å². The van der Waals surface area contributed by atoms with Gasteiger partial charge in [0.25, 0.3) is 11.5 Å². The third-order valence-electron chi connectivity index (χ3n) is 11.0. The molecule has 0 N–H and O–H groups in total. The van der Waals surface area contributed by atoms with E-state index in [1.165, 1.54) is 4.68 Å². The van der Waals surface area contributed by atoms with Gasteiger partial charge in [0.1, 0.15) is 5.69 Å². The summed E-state index contributed by atoms with van der Waals surface area (Å²) in [4.78, 5) is 13.7. The van der Waals surface area contributed by atoms with Gasteiger partial charge in [-0.3, -0.25) is 0 Å². The number of alkyl halides is 3. The maximum Gasteiger partial charge on any atom is 0.453 e. The molecule has 0 spiro atoms. The minimum Gasteiger partial charge on any atom is -0.309 e. The van der Waals surface area contributed by atoms with Crippen LogP contribution in [0.5, 0.6) is 0 Å². The summed E-state index contributed by atoms with van der Waals surface area (Å²) >= 11 is 0. The van der Waals surface area contributed by atoms with Gasteiger partial charge in [0.05, 0.1) is 22.8 Å². The first-order valence-electron chi connectivity index (χ1n) is 17.4. The van der Waals surface area contributed by atoms with Crippen molar-refractivity contribution in [2.45, 2.75) is 44.4 Å². The lowest BCUT2D eigenvalue weighted by Gasteiger charge is -2.31. The molecule has 1 atom stereocenters. The first-order chi connectivity index (χ1) is 25.3. The maximum atomic E-state index is 14.2. The fourth-order valence-electron chi connectivity index (χ4n) is 8.76. The molecule has 0 bridgehead atoms. The molecule has 8 nitrogen and oxygen atoms in total. The van der Waals surface area contributed by atoms with Gasteiger partial charge >= 0.3 is 11.8 Å². The van der Waals surface area contributed by atoms with E-state index in [-0.39, 0.29) is 5.82 Å². The molecule has 52 heavy (non-hydrogen) atoms. The molecule has 8 aromatic rings. The highest BCUT2D eigenvalue weighted by molar-refractivity contribution is 6.16. The van der Waals surface area contributed by atoms with Gasteiger partial charge in [-0.25, -0.2) is 14.2 Å². The van der Waals surface area contributed by atoms with E-state index < -0.39 is 23.6 Å². The van der Waals surface area contributed by atoms with Crippen LogP contribution >= 0.6 is 0 Å². The number of hydrogen-bond donors (Lipinski definition) is 0. The molecular weight excluding hydrogens is 662 g/mol. The molecule has 10 rings (SSSR count). The van der Waals surface area contributed by atoms with Crippen molar-refractivity contribution in [3.63, 3.8) is 0 Å². The Kier molecular flexibility index (Phi) is 6.40. The van der Waals surface area contributed by atoms with Crippen molar-refractivity contribution in [3.05, 3.63) is 133 Å². The van der Waals surface area contributed by atoms with Crippen LogP contribution in [0.25, 0.3) is 67.6 Å². The molecule has 0 radical (unpaired) electrons. The van der Waals surface area contributed by atoms with Gasteiger partial charge in [-0.05, 0) is 47.4 Å². The number of hydrogen-bond acceptors (Lipinski definition) is 4. The molecule has 254 valence electrons. The van der Waals surface area contributed by atoms with Crippen LogP contribution in [0, 0.1) is 0 Å². The second-order valence-corrected chi connectivity index (χ2v) is 13.3. The number of para-hydroxylation sites is 2. The molecule has 0 aliphatic carbocycles. The summed E-state index contributed by atoms with van der Waals surface area (Å²) in [6.45, 7) is 4.26. The zero-order valence-electron chi connectivity index (χ0n) is 28.3. The van der Waals surface area contributed by atoms with Crippen LogP contribution < -0.4 is 9.13 Å². The lowest BCUT2D eigenvalue weighted by molar-refractivity contribution is -0.754. The SMILES string of the molecule is CCC1(CC)C(C2c3ccc4c(c3-c3ccc5nccnc5[n+]32)c2ccccc2n4-c2ccccc2)=Cn2nc(C(F)(F)F)nc2-c2cccc[n+]21. The minimum atomic E-state index is -4.72. The maximum absolute atomic E-state index is 14.2. The van der Waals surface area contributed by atoms with Gasteiger partial charge in [0, 0.05) is 58.8 Å². The Hall–Kier alpha value is -6.23. The second-order valence-electron chi connectivity index (χ2n) is 13.3. The van der Waals surface area contributed by atoms with Crippen molar-refractivity contribution in [3.8, 4) is 28.5 Å². The highest BCUT2D eigenvalue weighted by Crippen LogP contribution is 2.50. The van der Waals surface area contributed by atoms with E-state index in [1.807, 2.05) is 48.7 Å². The number of aromatic nitrogens is 8. The molecule has 11 heteroatoms. The Bertz CT molecular complexity index is 2780. The summed E-state index contributed by atoms with van der Waals surface area (Å²) in [5.74, 6) is -1.04. The molecule has 7 heterocycles. The topological polar surface area (TPSA) is 69.2 Å². The van der Waals surface area contributed by atoms with Crippen molar-refractivity contribution >= 4 is 39.2 Å². The van der Waals surface area contributed by atoms with E-state index in [0.717, 1.165) is 49.9 Å². The molecule has 3 aromatic carbocycles. The zero-order valence-corrected chi connectivity index (χ0v) is 28.3. The number of halogens is 3. The molecule has 0 saturated heterocycles. The van der Waals surface area contributed by atoms with Crippen molar-refractivity contribution in [1.29, 1.82) is 0 Å². The molecule has 5 aromatic heterocycles. The van der Waals surface area contributed by atoms with Crippen LogP contribution in [0.1, 0.15) is 44.1 Å². The van der Waals surface area contributed by atoms with E-state index in [0.29, 0.717) is 29.7 Å². The van der Waals surface area contributed by atoms with Crippen molar-refractivity contribution in [1.82, 2.24) is 29.3 Å². The number of rotatable bonds is 4. The standard InChI is InChI=1S/C41H31F3N8/c1-3-40(4-2)28(24-50-38(33-16-10-11-23-49(33)40)47-39(48-50)41(42,43)44)36-27-17-19-31-34(35(27)32-20-18-29-37(52(32)36)46-22-21-45-29)26-14-8-9-15-30(26)51(31)25-12-6-5-7-13-25/h5-24,36H,3-4H2,1-2H3/q+2. The quantitative estimate of drug-likeness (QED) is 0.174. The normalized spacial score (nSPS) is 16.0. The van der Waals surface area contributed by atoms with Gasteiger partial charge in [-0.15, -0.1) is 5.10 Å². The summed E-state index contributed by atoms with van der Waals surface area (Å²) in [7, 11) is 0. The number of allylic oxidation sites excluding steroid dienone is 1. The van der Waals surface area contributed by atoms with Gasteiger partial charge < -0.3 is 4.57 Å². The van der Waals surface area contributed by atoms with E-state index in [1.54, 1.807) is 18.6 Å². The third-order valence-corrected chi connectivity index (χ3v) is 11.0. The van der Waals surface area contributed by atoms with Crippen LogP contribution in [0.3, 0.4) is 0 Å². The molecule has 2 aliphatic rings. The number of fused-ring (bicyclic) bond motifs is 12. The predicted octanol–water partition coefficient (Wildman–Crippen LogP) is 8.22.